The van der Waals surface area contributed by atoms with E-state index in [1.54, 1.807) is 0 Å². The van der Waals surface area contributed by atoms with Crippen LogP contribution in [-0.2, 0) is 22.4 Å². The second kappa shape index (κ2) is 9.49. The van der Waals surface area contributed by atoms with Crippen LogP contribution in [0.3, 0.4) is 0 Å². The van der Waals surface area contributed by atoms with Gasteiger partial charge in [-0.1, -0.05) is 37.3 Å². The molecule has 2 amide bonds. The molecule has 2 fully saturated rings. The van der Waals surface area contributed by atoms with Gasteiger partial charge in [-0.25, -0.2) is 0 Å². The summed E-state index contributed by atoms with van der Waals surface area (Å²) < 4.78 is 2.25. The van der Waals surface area contributed by atoms with Crippen molar-refractivity contribution in [2.75, 3.05) is 24.5 Å². The number of hydrogen-bond acceptors (Lipinski definition) is 4. The minimum absolute atomic E-state index is 0.0264. The van der Waals surface area contributed by atoms with E-state index in [2.05, 4.69) is 46.8 Å². The summed E-state index contributed by atoms with van der Waals surface area (Å²) in [6.45, 7) is 4.17. The first-order valence-electron chi connectivity index (χ1n) is 12.4. The monoisotopic (exact) mass is 459 g/mol. The van der Waals surface area contributed by atoms with Crippen molar-refractivity contribution in [3.05, 3.63) is 59.8 Å². The molecule has 0 radical (unpaired) electrons. The van der Waals surface area contributed by atoms with Crippen LogP contribution in [0, 0.1) is 0 Å². The number of aryl methyl sites for hydroxylation is 1. The molecule has 1 unspecified atom stereocenters. The van der Waals surface area contributed by atoms with E-state index in [9.17, 15) is 9.59 Å². The van der Waals surface area contributed by atoms with Crippen molar-refractivity contribution >= 4 is 28.4 Å². The third-order valence-electron chi connectivity index (χ3n) is 7.33. The van der Waals surface area contributed by atoms with E-state index in [1.807, 2.05) is 23.1 Å². The van der Waals surface area contributed by atoms with Gasteiger partial charge < -0.3 is 15.5 Å². The van der Waals surface area contributed by atoms with E-state index in [1.165, 1.54) is 35.7 Å². The van der Waals surface area contributed by atoms with E-state index in [4.69, 9.17) is 10.8 Å². The van der Waals surface area contributed by atoms with Gasteiger partial charge >= 0.3 is 0 Å². The van der Waals surface area contributed by atoms with Crippen LogP contribution in [0.1, 0.15) is 49.9 Å². The van der Waals surface area contributed by atoms with E-state index in [0.717, 1.165) is 30.8 Å². The highest BCUT2D eigenvalue weighted by Crippen LogP contribution is 2.36. The van der Waals surface area contributed by atoms with Crippen LogP contribution in [0.5, 0.6) is 0 Å². The molecule has 2 heterocycles. The van der Waals surface area contributed by atoms with Crippen LogP contribution < -0.4 is 10.6 Å². The zero-order valence-electron chi connectivity index (χ0n) is 19.8. The number of carbonyl (C=O) groups excluding carboxylic acids is 2. The third-order valence-corrected chi connectivity index (χ3v) is 7.33. The Morgan fingerprint density at radius 3 is 2.56 bits per heavy atom. The molecule has 1 aliphatic carbocycles. The van der Waals surface area contributed by atoms with Crippen molar-refractivity contribution in [2.24, 2.45) is 5.73 Å². The number of fused-ring (bicyclic) bond motifs is 1. The molecule has 1 aliphatic heterocycles. The summed E-state index contributed by atoms with van der Waals surface area (Å²) in [6, 6.07) is 17.4. The van der Waals surface area contributed by atoms with Gasteiger partial charge in [0, 0.05) is 30.7 Å². The summed E-state index contributed by atoms with van der Waals surface area (Å²) in [5.74, 6) is -0.758. The number of rotatable bonds is 7. The molecule has 178 valence electrons. The minimum atomic E-state index is -0.577. The number of nitrogens with zero attached hydrogens (tertiary/aromatic N) is 4. The van der Waals surface area contributed by atoms with E-state index in [0.29, 0.717) is 19.1 Å². The topological polar surface area (TPSA) is 84.5 Å². The van der Waals surface area contributed by atoms with Crippen LogP contribution in [0.2, 0.25) is 0 Å². The second-order valence-corrected chi connectivity index (χ2v) is 9.55. The average molecular weight is 460 g/mol. The minimum Gasteiger partial charge on any atom is -0.369 e. The Balaban J connectivity index is 1.43. The number of benzene rings is 2. The van der Waals surface area contributed by atoms with Crippen molar-refractivity contribution in [1.82, 2.24) is 14.7 Å². The predicted octanol–water partition coefficient (Wildman–Crippen LogP) is 3.46. The summed E-state index contributed by atoms with van der Waals surface area (Å²) in [7, 11) is 0. The Morgan fingerprint density at radius 1 is 1.09 bits per heavy atom. The number of carbonyl (C=O) groups is 2. The zero-order chi connectivity index (χ0) is 23.7. The maximum absolute atomic E-state index is 12.8. The summed E-state index contributed by atoms with van der Waals surface area (Å²) >= 11 is 0. The molecule has 3 aromatic rings. The number of nitrogens with two attached hydrogens (primary N) is 1. The van der Waals surface area contributed by atoms with Crippen molar-refractivity contribution in [3.63, 3.8) is 0 Å². The number of amides is 2. The van der Waals surface area contributed by atoms with Gasteiger partial charge in [0.05, 0.1) is 23.3 Å². The van der Waals surface area contributed by atoms with Crippen molar-refractivity contribution in [1.29, 1.82) is 0 Å². The lowest BCUT2D eigenvalue weighted by atomic mass is 9.93. The smallest absolute Gasteiger partial charge is 0.232 e. The van der Waals surface area contributed by atoms with E-state index < -0.39 is 5.91 Å². The number of primary amides is 1. The highest BCUT2D eigenvalue weighted by Gasteiger charge is 2.32. The van der Waals surface area contributed by atoms with Gasteiger partial charge in [0.2, 0.25) is 11.8 Å². The molecule has 34 heavy (non-hydrogen) atoms. The van der Waals surface area contributed by atoms with Crippen LogP contribution >= 0.6 is 0 Å². The summed E-state index contributed by atoms with van der Waals surface area (Å²) in [5.41, 5.74) is 10.1. The van der Waals surface area contributed by atoms with Crippen molar-refractivity contribution < 1.29 is 9.59 Å². The van der Waals surface area contributed by atoms with Gasteiger partial charge in [0.15, 0.2) is 0 Å². The second-order valence-electron chi connectivity index (χ2n) is 9.55. The van der Waals surface area contributed by atoms with Crippen LogP contribution in [-0.4, -0.2) is 52.2 Å². The molecular weight excluding hydrogens is 426 g/mol. The van der Waals surface area contributed by atoms with Crippen LogP contribution in [0.25, 0.3) is 10.9 Å². The standard InChI is InChI=1S/C27H33N5O2/c1-2-24-23-12-11-21(16-25(23)32(29-24)20-9-6-10-20)30-13-14-31(27(34)17-26(28)33)22(18-30)15-19-7-4-3-5-8-19/h3-5,7-8,11-12,16,20,22H,2,6,9-10,13-15,17-18H2,1H3,(H2,28,33). The first-order chi connectivity index (χ1) is 16.5. The fourth-order valence-electron chi connectivity index (χ4n) is 5.29. The Morgan fingerprint density at radius 2 is 1.88 bits per heavy atom. The number of aromatic nitrogens is 2. The van der Waals surface area contributed by atoms with E-state index in [-0.39, 0.29) is 18.4 Å². The number of piperazine rings is 1. The SMILES string of the molecule is CCc1nn(C2CCC2)c2cc(N3CCN(C(=O)CC(N)=O)C(Cc4ccccc4)C3)ccc12. The molecule has 1 saturated heterocycles. The molecule has 1 atom stereocenters. The van der Waals surface area contributed by atoms with Gasteiger partial charge in [-0.2, -0.15) is 5.10 Å². The Bertz CT molecular complexity index is 1180. The fourth-order valence-corrected chi connectivity index (χ4v) is 5.29. The molecule has 7 heteroatoms. The molecule has 1 aromatic heterocycles. The lowest BCUT2D eigenvalue weighted by Crippen LogP contribution is -2.56. The summed E-state index contributed by atoms with van der Waals surface area (Å²) in [4.78, 5) is 28.5. The van der Waals surface area contributed by atoms with Crippen molar-refractivity contribution in [2.45, 2.75) is 57.5 Å². The number of anilines is 1. The fraction of sp³-hybridized carbons (Fsp3) is 0.444. The van der Waals surface area contributed by atoms with Crippen LogP contribution in [0.15, 0.2) is 48.5 Å². The first-order valence-corrected chi connectivity index (χ1v) is 12.4. The predicted molar refractivity (Wildman–Crippen MR) is 134 cm³/mol. The molecule has 0 bridgehead atoms. The molecule has 2 aliphatic rings. The highest BCUT2D eigenvalue weighted by molar-refractivity contribution is 5.96. The maximum Gasteiger partial charge on any atom is 0.232 e. The quantitative estimate of drug-likeness (QED) is 0.549. The molecule has 5 rings (SSSR count). The number of hydrogen-bond donors (Lipinski definition) is 1. The lowest BCUT2D eigenvalue weighted by molar-refractivity contribution is -0.137. The van der Waals surface area contributed by atoms with Crippen molar-refractivity contribution in [3.8, 4) is 0 Å². The maximum atomic E-state index is 12.8. The van der Waals surface area contributed by atoms with Gasteiger partial charge in [-0.05, 0) is 55.9 Å². The Labute approximate surface area is 200 Å². The molecule has 2 N–H and O–H groups in total. The average Bonchev–Trinajstić information content (AvgIpc) is 3.15. The molecule has 0 spiro atoms. The van der Waals surface area contributed by atoms with E-state index >= 15 is 0 Å². The molecule has 1 saturated carbocycles. The Kier molecular flexibility index (Phi) is 6.26. The van der Waals surface area contributed by atoms with Gasteiger partial charge in [0.1, 0.15) is 6.42 Å². The largest absolute Gasteiger partial charge is 0.369 e. The lowest BCUT2D eigenvalue weighted by Gasteiger charge is -2.42. The highest BCUT2D eigenvalue weighted by atomic mass is 16.2. The third kappa shape index (κ3) is 4.39. The Hall–Kier alpha value is -3.35. The molecular formula is C27H33N5O2. The van der Waals surface area contributed by atoms with Gasteiger partial charge in [-0.15, -0.1) is 0 Å². The van der Waals surface area contributed by atoms with Gasteiger partial charge in [0.25, 0.3) is 0 Å². The first kappa shape index (κ1) is 22.4. The molecule has 7 nitrogen and oxygen atoms in total. The summed E-state index contributed by atoms with van der Waals surface area (Å²) in [5, 5.41) is 6.20. The van der Waals surface area contributed by atoms with Crippen LogP contribution in [0.4, 0.5) is 5.69 Å². The van der Waals surface area contributed by atoms with Gasteiger partial charge in [-0.3, -0.25) is 14.3 Å². The summed E-state index contributed by atoms with van der Waals surface area (Å²) in [6.07, 6.45) is 5.10. The zero-order valence-corrected chi connectivity index (χ0v) is 19.8. The molecule has 2 aromatic carbocycles. The normalized spacial score (nSPS) is 18.8.